The van der Waals surface area contributed by atoms with Crippen molar-refractivity contribution in [2.75, 3.05) is 13.1 Å². The Morgan fingerprint density at radius 2 is 1.90 bits per heavy atom. The summed E-state index contributed by atoms with van der Waals surface area (Å²) in [5.41, 5.74) is 1.78. The molecule has 0 saturated carbocycles. The first kappa shape index (κ1) is 21.0. The van der Waals surface area contributed by atoms with Crippen LogP contribution in [0.4, 0.5) is 4.39 Å². The lowest BCUT2D eigenvalue weighted by molar-refractivity contribution is 0.0692. The van der Waals surface area contributed by atoms with Crippen LogP contribution in [-0.2, 0) is 0 Å². The summed E-state index contributed by atoms with van der Waals surface area (Å²) < 4.78 is 14.9. The predicted molar refractivity (Wildman–Crippen MR) is 114 cm³/mol. The van der Waals surface area contributed by atoms with Gasteiger partial charge in [-0.2, -0.15) is 0 Å². The average molecular weight is 442 g/mol. The summed E-state index contributed by atoms with van der Waals surface area (Å²) in [6.45, 7) is 2.65. The summed E-state index contributed by atoms with van der Waals surface area (Å²) in [6, 6.07) is 11.4. The molecule has 7 nitrogen and oxygen atoms in total. The Hall–Kier alpha value is -3.26. The second-order valence-corrected chi connectivity index (χ2v) is 7.91. The molecule has 1 saturated heterocycles. The Balaban J connectivity index is 1.35. The number of carbonyl (C=O) groups excluding carboxylic acids is 2. The first-order chi connectivity index (χ1) is 14.9. The van der Waals surface area contributed by atoms with Crippen LogP contribution in [0.15, 0.2) is 48.7 Å². The molecule has 2 aromatic carbocycles. The highest BCUT2D eigenvalue weighted by Crippen LogP contribution is 2.18. The summed E-state index contributed by atoms with van der Waals surface area (Å²) in [5, 5.41) is 11.4. The molecule has 2 heterocycles. The molecule has 160 valence electrons. The number of halogens is 2. The van der Waals surface area contributed by atoms with Gasteiger partial charge in [0, 0.05) is 19.1 Å². The average Bonchev–Trinajstić information content (AvgIpc) is 3.26. The maximum Gasteiger partial charge on any atom is 0.276 e. The van der Waals surface area contributed by atoms with Gasteiger partial charge < -0.3 is 10.2 Å². The smallest absolute Gasteiger partial charge is 0.276 e. The second kappa shape index (κ2) is 8.85. The van der Waals surface area contributed by atoms with Crippen molar-refractivity contribution in [3.63, 3.8) is 0 Å². The molecule has 4 rings (SSSR count). The van der Waals surface area contributed by atoms with Gasteiger partial charge in [-0.15, -0.1) is 5.10 Å². The SMILES string of the molecule is Cc1cc(-n2cc(C(=O)N3CCC(NC(=O)c4ccccc4Cl)CC3)nn2)ccc1F. The third-order valence-corrected chi connectivity index (χ3v) is 5.68. The number of piperidine rings is 1. The van der Waals surface area contributed by atoms with Gasteiger partial charge in [-0.3, -0.25) is 9.59 Å². The van der Waals surface area contributed by atoms with E-state index in [1.165, 1.54) is 10.7 Å². The van der Waals surface area contributed by atoms with E-state index in [4.69, 9.17) is 11.6 Å². The summed E-state index contributed by atoms with van der Waals surface area (Å²) in [4.78, 5) is 26.9. The van der Waals surface area contributed by atoms with Crippen LogP contribution in [-0.4, -0.2) is 50.8 Å². The number of aryl methyl sites for hydroxylation is 1. The molecule has 0 spiro atoms. The predicted octanol–water partition coefficient (Wildman–Crippen LogP) is 3.40. The fraction of sp³-hybridized carbons (Fsp3) is 0.273. The van der Waals surface area contributed by atoms with E-state index in [0.29, 0.717) is 47.8 Å². The van der Waals surface area contributed by atoms with Gasteiger partial charge in [0.15, 0.2) is 5.69 Å². The number of benzene rings is 2. The van der Waals surface area contributed by atoms with Crippen molar-refractivity contribution in [1.82, 2.24) is 25.2 Å². The van der Waals surface area contributed by atoms with Gasteiger partial charge in [-0.05, 0) is 55.7 Å². The van der Waals surface area contributed by atoms with Gasteiger partial charge in [-0.25, -0.2) is 9.07 Å². The minimum atomic E-state index is -0.301. The Kier molecular flexibility index (Phi) is 5.99. The van der Waals surface area contributed by atoms with Crippen LogP contribution < -0.4 is 5.32 Å². The molecule has 31 heavy (non-hydrogen) atoms. The van der Waals surface area contributed by atoms with Crippen LogP contribution in [0.3, 0.4) is 0 Å². The van der Waals surface area contributed by atoms with Crippen LogP contribution in [0.2, 0.25) is 5.02 Å². The maximum atomic E-state index is 13.5. The summed E-state index contributed by atoms with van der Waals surface area (Å²) >= 11 is 6.08. The minimum absolute atomic E-state index is 0.0364. The Morgan fingerprint density at radius 3 is 2.61 bits per heavy atom. The molecule has 0 radical (unpaired) electrons. The van der Waals surface area contributed by atoms with Gasteiger partial charge in [0.05, 0.1) is 22.5 Å². The van der Waals surface area contributed by atoms with Crippen molar-refractivity contribution in [2.45, 2.75) is 25.8 Å². The molecule has 0 bridgehead atoms. The highest BCUT2D eigenvalue weighted by atomic mass is 35.5. The zero-order chi connectivity index (χ0) is 22.0. The van der Waals surface area contributed by atoms with Gasteiger partial charge in [0.1, 0.15) is 5.82 Å². The van der Waals surface area contributed by atoms with E-state index in [0.717, 1.165) is 0 Å². The van der Waals surface area contributed by atoms with E-state index in [1.54, 1.807) is 54.4 Å². The fourth-order valence-corrected chi connectivity index (χ4v) is 3.78. The summed E-state index contributed by atoms with van der Waals surface area (Å²) in [7, 11) is 0. The van der Waals surface area contributed by atoms with Gasteiger partial charge in [-0.1, -0.05) is 28.9 Å². The number of rotatable bonds is 4. The van der Waals surface area contributed by atoms with Crippen LogP contribution in [0.5, 0.6) is 0 Å². The van der Waals surface area contributed by atoms with Crippen LogP contribution in [0.25, 0.3) is 5.69 Å². The molecule has 9 heteroatoms. The first-order valence-corrected chi connectivity index (χ1v) is 10.3. The molecule has 0 unspecified atom stereocenters. The van der Waals surface area contributed by atoms with E-state index in [9.17, 15) is 14.0 Å². The van der Waals surface area contributed by atoms with Crippen LogP contribution >= 0.6 is 11.6 Å². The van der Waals surface area contributed by atoms with E-state index in [1.807, 2.05) is 0 Å². The van der Waals surface area contributed by atoms with Crippen molar-refractivity contribution in [1.29, 1.82) is 0 Å². The van der Waals surface area contributed by atoms with Crippen LogP contribution in [0.1, 0.15) is 39.3 Å². The minimum Gasteiger partial charge on any atom is -0.349 e. The largest absolute Gasteiger partial charge is 0.349 e. The molecule has 0 atom stereocenters. The quantitative estimate of drug-likeness (QED) is 0.673. The lowest BCUT2D eigenvalue weighted by atomic mass is 10.0. The zero-order valence-electron chi connectivity index (χ0n) is 16.9. The summed E-state index contributed by atoms with van der Waals surface area (Å²) in [6.07, 6.45) is 2.81. The molecule has 1 aliphatic heterocycles. The normalized spacial score (nSPS) is 14.5. The first-order valence-electron chi connectivity index (χ1n) is 9.96. The number of likely N-dealkylation sites (tertiary alicyclic amines) is 1. The van der Waals surface area contributed by atoms with Crippen molar-refractivity contribution in [2.24, 2.45) is 0 Å². The number of carbonyl (C=O) groups is 2. The third-order valence-electron chi connectivity index (χ3n) is 5.35. The molecular weight excluding hydrogens is 421 g/mol. The standard InChI is InChI=1S/C22H21ClFN5O2/c1-14-12-16(6-7-19(14)24)29-13-20(26-27-29)22(31)28-10-8-15(9-11-28)25-21(30)17-4-2-3-5-18(17)23/h2-7,12-13,15H,8-11H2,1H3,(H,25,30). The number of aromatic nitrogens is 3. The van der Waals surface area contributed by atoms with E-state index < -0.39 is 0 Å². The van der Waals surface area contributed by atoms with Crippen molar-refractivity contribution >= 4 is 23.4 Å². The monoisotopic (exact) mass is 441 g/mol. The lowest BCUT2D eigenvalue weighted by Gasteiger charge is -2.32. The Labute approximate surface area is 183 Å². The van der Waals surface area contributed by atoms with E-state index in [-0.39, 0.29) is 29.4 Å². The molecule has 2 amide bonds. The molecule has 1 aliphatic rings. The van der Waals surface area contributed by atoms with Crippen LogP contribution in [0, 0.1) is 12.7 Å². The van der Waals surface area contributed by atoms with E-state index in [2.05, 4.69) is 15.6 Å². The number of hydrogen-bond donors (Lipinski definition) is 1. The van der Waals surface area contributed by atoms with Gasteiger partial charge in [0.2, 0.25) is 0 Å². The molecular formula is C22H21ClFN5O2. The van der Waals surface area contributed by atoms with E-state index >= 15 is 0 Å². The number of hydrogen-bond acceptors (Lipinski definition) is 4. The lowest BCUT2D eigenvalue weighted by Crippen LogP contribution is -2.46. The number of nitrogens with one attached hydrogen (secondary N) is 1. The number of nitrogens with zero attached hydrogens (tertiary/aromatic N) is 4. The Morgan fingerprint density at radius 1 is 1.16 bits per heavy atom. The fourth-order valence-electron chi connectivity index (χ4n) is 3.56. The molecule has 1 fully saturated rings. The molecule has 1 aromatic heterocycles. The van der Waals surface area contributed by atoms with Crippen molar-refractivity contribution < 1.29 is 14.0 Å². The highest BCUT2D eigenvalue weighted by molar-refractivity contribution is 6.33. The zero-order valence-corrected chi connectivity index (χ0v) is 17.6. The third kappa shape index (κ3) is 4.59. The second-order valence-electron chi connectivity index (χ2n) is 7.50. The maximum absolute atomic E-state index is 13.5. The Bertz CT molecular complexity index is 1120. The van der Waals surface area contributed by atoms with Gasteiger partial charge >= 0.3 is 0 Å². The van der Waals surface area contributed by atoms with Crippen molar-refractivity contribution in [3.05, 3.63) is 76.3 Å². The molecule has 3 aromatic rings. The van der Waals surface area contributed by atoms with Gasteiger partial charge in [0.25, 0.3) is 11.8 Å². The number of amides is 2. The highest BCUT2D eigenvalue weighted by Gasteiger charge is 2.27. The molecule has 0 aliphatic carbocycles. The summed E-state index contributed by atoms with van der Waals surface area (Å²) in [5.74, 6) is -0.737. The topological polar surface area (TPSA) is 80.1 Å². The molecule has 1 N–H and O–H groups in total. The van der Waals surface area contributed by atoms with Crippen molar-refractivity contribution in [3.8, 4) is 5.69 Å².